The molecule has 0 bridgehead atoms. The standard InChI is InChI=1S/C12H13NO2/c14-11(15)8-2-3-10-9(6-8)12(7-13-10)4-1-5-12/h2-3,6,13H,1,4-5,7H2,(H,14,15). The average molecular weight is 203 g/mol. The second-order valence-electron chi connectivity index (χ2n) is 4.55. The number of hydrogen-bond donors (Lipinski definition) is 2. The van der Waals surface area contributed by atoms with Gasteiger partial charge in [-0.1, -0.05) is 6.42 Å². The van der Waals surface area contributed by atoms with Crippen molar-refractivity contribution >= 4 is 11.7 Å². The Kier molecular flexibility index (Phi) is 1.61. The van der Waals surface area contributed by atoms with Crippen LogP contribution in [0.2, 0.25) is 0 Å². The van der Waals surface area contributed by atoms with E-state index in [2.05, 4.69) is 5.32 Å². The molecule has 3 rings (SSSR count). The van der Waals surface area contributed by atoms with Gasteiger partial charge < -0.3 is 10.4 Å². The first-order valence-electron chi connectivity index (χ1n) is 5.33. The monoisotopic (exact) mass is 203 g/mol. The fourth-order valence-corrected chi connectivity index (χ4v) is 2.68. The van der Waals surface area contributed by atoms with Crippen LogP contribution >= 0.6 is 0 Å². The molecule has 2 aliphatic rings. The summed E-state index contributed by atoms with van der Waals surface area (Å²) >= 11 is 0. The van der Waals surface area contributed by atoms with Crippen LogP contribution in [0.3, 0.4) is 0 Å². The summed E-state index contributed by atoms with van der Waals surface area (Å²) in [6.45, 7) is 0.978. The molecule has 78 valence electrons. The lowest BCUT2D eigenvalue weighted by Gasteiger charge is -2.38. The molecule has 1 heterocycles. The maximum Gasteiger partial charge on any atom is 0.335 e. The summed E-state index contributed by atoms with van der Waals surface area (Å²) in [6.07, 6.45) is 3.64. The lowest BCUT2D eigenvalue weighted by atomic mass is 9.65. The van der Waals surface area contributed by atoms with Gasteiger partial charge in [0.15, 0.2) is 0 Å². The topological polar surface area (TPSA) is 49.3 Å². The van der Waals surface area contributed by atoms with Gasteiger partial charge >= 0.3 is 5.97 Å². The second kappa shape index (κ2) is 2.75. The number of aromatic carboxylic acids is 1. The zero-order valence-corrected chi connectivity index (χ0v) is 8.42. The fourth-order valence-electron chi connectivity index (χ4n) is 2.68. The van der Waals surface area contributed by atoms with E-state index in [4.69, 9.17) is 5.11 Å². The van der Waals surface area contributed by atoms with Crippen LogP contribution in [0.5, 0.6) is 0 Å². The number of carboxylic acid groups (broad SMARTS) is 1. The zero-order valence-electron chi connectivity index (χ0n) is 8.42. The Morgan fingerprint density at radius 2 is 2.20 bits per heavy atom. The minimum Gasteiger partial charge on any atom is -0.478 e. The molecule has 1 aromatic rings. The molecule has 15 heavy (non-hydrogen) atoms. The molecule has 0 saturated heterocycles. The van der Waals surface area contributed by atoms with Crippen LogP contribution in [-0.4, -0.2) is 17.6 Å². The van der Waals surface area contributed by atoms with E-state index in [1.54, 1.807) is 6.07 Å². The van der Waals surface area contributed by atoms with Crippen molar-refractivity contribution in [3.05, 3.63) is 29.3 Å². The predicted octanol–water partition coefficient (Wildman–Crippen LogP) is 2.23. The Morgan fingerprint density at radius 1 is 1.40 bits per heavy atom. The molecule has 1 aliphatic heterocycles. The van der Waals surface area contributed by atoms with Gasteiger partial charge in [0.1, 0.15) is 0 Å². The minimum absolute atomic E-state index is 0.251. The lowest BCUT2D eigenvalue weighted by molar-refractivity contribution is 0.0696. The molecule has 0 amide bonds. The molecule has 3 heteroatoms. The summed E-state index contributed by atoms with van der Waals surface area (Å²) in [7, 11) is 0. The van der Waals surface area contributed by atoms with Crippen molar-refractivity contribution in [3.8, 4) is 0 Å². The number of fused-ring (bicyclic) bond motifs is 2. The number of rotatable bonds is 1. The molecule has 1 spiro atoms. The van der Waals surface area contributed by atoms with E-state index in [0.717, 1.165) is 12.2 Å². The molecule has 1 aromatic carbocycles. The van der Waals surface area contributed by atoms with E-state index in [1.807, 2.05) is 12.1 Å². The van der Waals surface area contributed by atoms with Crippen LogP contribution in [0.25, 0.3) is 0 Å². The normalized spacial score (nSPS) is 20.5. The summed E-state index contributed by atoms with van der Waals surface area (Å²) in [5.74, 6) is -0.834. The molecular formula is C12H13NO2. The molecule has 0 aromatic heterocycles. The van der Waals surface area contributed by atoms with Crippen LogP contribution < -0.4 is 5.32 Å². The quantitative estimate of drug-likeness (QED) is 0.735. The van der Waals surface area contributed by atoms with E-state index >= 15 is 0 Å². The fraction of sp³-hybridized carbons (Fsp3) is 0.417. The lowest BCUT2D eigenvalue weighted by Crippen LogP contribution is -2.36. The molecule has 1 fully saturated rings. The largest absolute Gasteiger partial charge is 0.478 e. The number of nitrogens with one attached hydrogen (secondary N) is 1. The minimum atomic E-state index is -0.834. The molecule has 2 N–H and O–H groups in total. The Hall–Kier alpha value is -1.51. The highest BCUT2D eigenvalue weighted by Gasteiger charge is 2.43. The van der Waals surface area contributed by atoms with Gasteiger partial charge in [-0.05, 0) is 36.6 Å². The summed E-state index contributed by atoms with van der Waals surface area (Å²) in [4.78, 5) is 10.9. The third kappa shape index (κ3) is 1.09. The number of carbonyl (C=O) groups is 1. The zero-order chi connectivity index (χ0) is 10.5. The molecule has 1 saturated carbocycles. The first-order chi connectivity index (χ1) is 7.21. The maximum absolute atomic E-state index is 10.9. The van der Waals surface area contributed by atoms with Gasteiger partial charge in [-0.15, -0.1) is 0 Å². The number of anilines is 1. The van der Waals surface area contributed by atoms with Crippen molar-refractivity contribution < 1.29 is 9.90 Å². The highest BCUT2D eigenvalue weighted by Crippen LogP contribution is 2.50. The first kappa shape index (κ1) is 8.77. The SMILES string of the molecule is O=C(O)c1ccc2c(c1)C1(CCC1)CN2. The van der Waals surface area contributed by atoms with Crippen LogP contribution in [0.1, 0.15) is 35.2 Å². The molecular weight excluding hydrogens is 190 g/mol. The highest BCUT2D eigenvalue weighted by atomic mass is 16.4. The number of carboxylic acids is 1. The van der Waals surface area contributed by atoms with Gasteiger partial charge in [-0.3, -0.25) is 0 Å². The van der Waals surface area contributed by atoms with Gasteiger partial charge in [0.25, 0.3) is 0 Å². The molecule has 0 unspecified atom stereocenters. The summed E-state index contributed by atoms with van der Waals surface area (Å²) < 4.78 is 0. The predicted molar refractivity (Wildman–Crippen MR) is 57.4 cm³/mol. The molecule has 0 atom stereocenters. The Morgan fingerprint density at radius 3 is 2.80 bits per heavy atom. The Balaban J connectivity index is 2.10. The third-order valence-electron chi connectivity index (χ3n) is 3.77. The van der Waals surface area contributed by atoms with Crippen LogP contribution in [0.15, 0.2) is 18.2 Å². The van der Waals surface area contributed by atoms with Crippen LogP contribution in [0, 0.1) is 0 Å². The van der Waals surface area contributed by atoms with Gasteiger partial charge in [0.05, 0.1) is 5.56 Å². The number of hydrogen-bond acceptors (Lipinski definition) is 2. The second-order valence-corrected chi connectivity index (χ2v) is 4.55. The van der Waals surface area contributed by atoms with Gasteiger partial charge in [-0.25, -0.2) is 4.79 Å². The van der Waals surface area contributed by atoms with Crippen LogP contribution in [-0.2, 0) is 5.41 Å². The first-order valence-corrected chi connectivity index (χ1v) is 5.33. The van der Waals surface area contributed by atoms with Crippen LogP contribution in [0.4, 0.5) is 5.69 Å². The van der Waals surface area contributed by atoms with E-state index in [1.165, 1.54) is 24.8 Å². The smallest absolute Gasteiger partial charge is 0.335 e. The van der Waals surface area contributed by atoms with E-state index in [0.29, 0.717) is 5.56 Å². The van der Waals surface area contributed by atoms with Crippen molar-refractivity contribution in [2.45, 2.75) is 24.7 Å². The van der Waals surface area contributed by atoms with Gasteiger partial charge in [0, 0.05) is 17.6 Å². The van der Waals surface area contributed by atoms with E-state index < -0.39 is 5.97 Å². The highest BCUT2D eigenvalue weighted by molar-refractivity contribution is 5.89. The molecule has 0 radical (unpaired) electrons. The third-order valence-corrected chi connectivity index (χ3v) is 3.77. The maximum atomic E-state index is 10.9. The Labute approximate surface area is 88.1 Å². The summed E-state index contributed by atoms with van der Waals surface area (Å²) in [6, 6.07) is 5.41. The van der Waals surface area contributed by atoms with Gasteiger partial charge in [0.2, 0.25) is 0 Å². The van der Waals surface area contributed by atoms with Gasteiger partial charge in [-0.2, -0.15) is 0 Å². The van der Waals surface area contributed by atoms with E-state index in [9.17, 15) is 4.79 Å². The molecule has 1 aliphatic carbocycles. The Bertz CT molecular complexity index is 435. The van der Waals surface area contributed by atoms with Crippen molar-refractivity contribution in [3.63, 3.8) is 0 Å². The number of benzene rings is 1. The van der Waals surface area contributed by atoms with Crippen molar-refractivity contribution in [2.24, 2.45) is 0 Å². The van der Waals surface area contributed by atoms with Crippen molar-refractivity contribution in [2.75, 3.05) is 11.9 Å². The van der Waals surface area contributed by atoms with E-state index in [-0.39, 0.29) is 5.41 Å². The average Bonchev–Trinajstić information content (AvgIpc) is 2.54. The van der Waals surface area contributed by atoms with Crippen molar-refractivity contribution in [1.82, 2.24) is 0 Å². The van der Waals surface area contributed by atoms with Crippen molar-refractivity contribution in [1.29, 1.82) is 0 Å². The summed E-state index contributed by atoms with van der Waals surface area (Å²) in [5.41, 5.74) is 3.00. The summed E-state index contributed by atoms with van der Waals surface area (Å²) in [5, 5.41) is 12.3. The molecule has 3 nitrogen and oxygen atoms in total.